The molecule has 0 spiro atoms. The molecule has 1 atom stereocenters. The molecule has 0 aliphatic heterocycles. The first-order valence-electron chi connectivity index (χ1n) is 7.18. The fourth-order valence-electron chi connectivity index (χ4n) is 1.70. The predicted octanol–water partition coefficient (Wildman–Crippen LogP) is 5.33. The van der Waals surface area contributed by atoms with Gasteiger partial charge in [0.1, 0.15) is 0 Å². The Morgan fingerprint density at radius 2 is 1.06 bits per heavy atom. The molecule has 184 valence electrons. The van der Waals surface area contributed by atoms with Crippen molar-refractivity contribution in [3.05, 3.63) is 12.7 Å². The Bertz CT molecular complexity index is 685. The summed E-state index contributed by atoms with van der Waals surface area (Å²) in [5.74, 6) is -42.3. The molecule has 0 aliphatic rings. The third-order valence-electron chi connectivity index (χ3n) is 3.75. The Balaban J connectivity index is 6.49. The summed E-state index contributed by atoms with van der Waals surface area (Å²) in [6, 6.07) is -6.68. The van der Waals surface area contributed by atoms with Crippen LogP contribution < -0.4 is 0 Å². The van der Waals surface area contributed by atoms with Crippen LogP contribution in [-0.2, 0) is 9.53 Å². The largest absolute Gasteiger partial charge is 0.460 e. The fraction of sp³-hybridized carbons (Fsp3) is 0.769. The van der Waals surface area contributed by atoms with Crippen LogP contribution in [0.5, 0.6) is 0 Å². The van der Waals surface area contributed by atoms with Crippen LogP contribution in [0.15, 0.2) is 12.7 Å². The maximum atomic E-state index is 13.8. The van der Waals surface area contributed by atoms with Crippen molar-refractivity contribution in [3.8, 4) is 0 Å². The summed E-state index contributed by atoms with van der Waals surface area (Å²) in [7, 11) is -0.272. The van der Waals surface area contributed by atoms with Gasteiger partial charge in [-0.1, -0.05) is 6.58 Å². The molecule has 0 amide bonds. The number of carbonyl (C=O) groups excluding carboxylic acids is 1. The average Bonchev–Trinajstić information content (AvgIpc) is 2.58. The van der Waals surface area contributed by atoms with Crippen molar-refractivity contribution in [2.45, 2.75) is 55.0 Å². The number of halogens is 15. The van der Waals surface area contributed by atoms with E-state index in [1.54, 1.807) is 0 Å². The van der Waals surface area contributed by atoms with Gasteiger partial charge in [-0.25, -0.2) is 9.69 Å². The number of carbonyl (C=O) groups is 1. The van der Waals surface area contributed by atoms with Crippen LogP contribution in [0.2, 0.25) is 0 Å². The fourth-order valence-corrected chi connectivity index (χ4v) is 1.70. The summed E-state index contributed by atoms with van der Waals surface area (Å²) in [6.07, 6.45) is -10.1. The highest BCUT2D eigenvalue weighted by molar-refractivity contribution is 5.81. The smallest absolute Gasteiger partial charge is 0.443 e. The normalized spacial score (nSPS) is 16.3. The Morgan fingerprint density at radius 1 is 0.742 bits per heavy atom. The first-order valence-corrected chi connectivity index (χ1v) is 7.18. The molecule has 0 aromatic heterocycles. The highest BCUT2D eigenvalue weighted by Gasteiger charge is 2.93. The second-order valence-corrected chi connectivity index (χ2v) is 5.76. The standard InChI is InChI=1S/C13H10F15NO2/c1-4-6(30)31-5(2)29(3)13(27,28)11(22,23)9(18,19)7(14,15)8(16,17)10(20,21)12(24,25)26/h4-5H,1H2,2-3H3. The molecule has 0 N–H and O–H groups in total. The molecule has 0 radical (unpaired) electrons. The van der Waals surface area contributed by atoms with Gasteiger partial charge in [-0.05, 0) is 14.0 Å². The van der Waals surface area contributed by atoms with E-state index in [2.05, 4.69) is 11.3 Å². The predicted molar refractivity (Wildman–Crippen MR) is 69.3 cm³/mol. The van der Waals surface area contributed by atoms with Crippen molar-refractivity contribution >= 4 is 5.97 Å². The van der Waals surface area contributed by atoms with Gasteiger partial charge < -0.3 is 4.74 Å². The van der Waals surface area contributed by atoms with E-state index in [0.717, 1.165) is 0 Å². The minimum absolute atomic E-state index is 0.239. The molecule has 31 heavy (non-hydrogen) atoms. The van der Waals surface area contributed by atoms with Gasteiger partial charge in [-0.15, -0.1) is 0 Å². The van der Waals surface area contributed by atoms with Gasteiger partial charge in [-0.2, -0.15) is 65.9 Å². The summed E-state index contributed by atoms with van der Waals surface area (Å²) in [5, 5.41) is 0. The Labute approximate surface area is 162 Å². The zero-order valence-electron chi connectivity index (χ0n) is 14.8. The van der Waals surface area contributed by atoms with E-state index in [0.29, 0.717) is 0 Å². The van der Waals surface area contributed by atoms with E-state index in [-0.39, 0.29) is 20.0 Å². The lowest BCUT2D eigenvalue weighted by Crippen LogP contribution is -2.74. The van der Waals surface area contributed by atoms with Crippen molar-refractivity contribution in [2.24, 2.45) is 0 Å². The number of hydrogen-bond acceptors (Lipinski definition) is 3. The third-order valence-corrected chi connectivity index (χ3v) is 3.75. The molecule has 0 fully saturated rings. The minimum Gasteiger partial charge on any atom is -0.443 e. The quantitative estimate of drug-likeness (QED) is 0.142. The van der Waals surface area contributed by atoms with E-state index >= 15 is 0 Å². The van der Waals surface area contributed by atoms with Gasteiger partial charge in [0.25, 0.3) is 0 Å². The lowest BCUT2D eigenvalue weighted by atomic mass is 9.92. The van der Waals surface area contributed by atoms with E-state index in [9.17, 15) is 70.7 Å². The highest BCUT2D eigenvalue weighted by Crippen LogP contribution is 2.62. The molecule has 0 saturated carbocycles. The Morgan fingerprint density at radius 3 is 1.39 bits per heavy atom. The zero-order chi connectivity index (χ0) is 25.6. The van der Waals surface area contributed by atoms with Crippen LogP contribution in [0.25, 0.3) is 0 Å². The molecule has 3 nitrogen and oxygen atoms in total. The van der Waals surface area contributed by atoms with Gasteiger partial charge in [0.2, 0.25) is 0 Å². The molecule has 0 aromatic carbocycles. The maximum Gasteiger partial charge on any atom is 0.460 e. The van der Waals surface area contributed by atoms with Crippen molar-refractivity contribution in [2.75, 3.05) is 7.05 Å². The van der Waals surface area contributed by atoms with Gasteiger partial charge in [-0.3, -0.25) is 0 Å². The SMILES string of the molecule is C=CC(=O)OC(C)N(C)C(F)(F)C(F)(F)C(F)(F)C(F)(F)C(F)(F)C(F)(F)C(F)(F)F. The number of alkyl halides is 15. The van der Waals surface area contributed by atoms with E-state index in [1.165, 1.54) is 0 Å². The van der Waals surface area contributed by atoms with Crippen LogP contribution in [0, 0.1) is 0 Å². The van der Waals surface area contributed by atoms with Gasteiger partial charge >= 0.3 is 47.8 Å². The molecule has 0 bridgehead atoms. The van der Waals surface area contributed by atoms with Crippen LogP contribution in [0.4, 0.5) is 65.9 Å². The van der Waals surface area contributed by atoms with Crippen LogP contribution in [-0.4, -0.2) is 66.0 Å². The van der Waals surface area contributed by atoms with Crippen LogP contribution >= 0.6 is 0 Å². The first kappa shape index (κ1) is 29.1. The average molecular weight is 497 g/mol. The van der Waals surface area contributed by atoms with Crippen molar-refractivity contribution < 1.29 is 75.4 Å². The lowest BCUT2D eigenvalue weighted by molar-refractivity contribution is -0.462. The van der Waals surface area contributed by atoms with Crippen molar-refractivity contribution in [1.29, 1.82) is 0 Å². The van der Waals surface area contributed by atoms with Crippen molar-refractivity contribution in [1.82, 2.24) is 4.90 Å². The number of nitrogens with zero attached hydrogens (tertiary/aromatic N) is 1. The first-order chi connectivity index (χ1) is 13.3. The lowest BCUT2D eigenvalue weighted by Gasteiger charge is -2.43. The molecule has 0 heterocycles. The summed E-state index contributed by atoms with van der Waals surface area (Å²) in [5.41, 5.74) is 0. The number of hydrogen-bond donors (Lipinski definition) is 0. The molecule has 1 unspecified atom stereocenters. The van der Waals surface area contributed by atoms with Crippen LogP contribution in [0.3, 0.4) is 0 Å². The molecule has 18 heteroatoms. The maximum absolute atomic E-state index is 13.8. The van der Waals surface area contributed by atoms with Gasteiger partial charge in [0.15, 0.2) is 6.23 Å². The monoisotopic (exact) mass is 497 g/mol. The van der Waals surface area contributed by atoms with Gasteiger partial charge in [0.05, 0.1) is 0 Å². The Kier molecular flexibility index (Phi) is 7.43. The summed E-state index contributed by atoms with van der Waals surface area (Å²) in [6.45, 7) is 3.00. The second-order valence-electron chi connectivity index (χ2n) is 5.76. The van der Waals surface area contributed by atoms with E-state index in [1.807, 2.05) is 0 Å². The molecule has 0 rings (SSSR count). The summed E-state index contributed by atoms with van der Waals surface area (Å²) >= 11 is 0. The topological polar surface area (TPSA) is 29.5 Å². The third kappa shape index (κ3) is 4.13. The van der Waals surface area contributed by atoms with E-state index < -0.39 is 58.9 Å². The second kappa shape index (κ2) is 7.91. The molecule has 0 aromatic rings. The number of ether oxygens (including phenoxy) is 1. The van der Waals surface area contributed by atoms with Gasteiger partial charge in [0, 0.05) is 6.08 Å². The van der Waals surface area contributed by atoms with E-state index in [4.69, 9.17) is 0 Å². The van der Waals surface area contributed by atoms with Crippen molar-refractivity contribution in [3.63, 3.8) is 0 Å². The van der Waals surface area contributed by atoms with Crippen LogP contribution in [0.1, 0.15) is 6.92 Å². The minimum atomic E-state index is -8.38. The number of esters is 1. The zero-order valence-corrected chi connectivity index (χ0v) is 14.8. The summed E-state index contributed by atoms with van der Waals surface area (Å²) in [4.78, 5) is 9.48. The molecular weight excluding hydrogens is 487 g/mol. The Hall–Kier alpha value is -1.88. The molecule has 0 saturated heterocycles. The number of rotatable bonds is 9. The highest BCUT2D eigenvalue weighted by atomic mass is 19.4. The summed E-state index contributed by atoms with van der Waals surface area (Å²) < 4.78 is 200. The molecule has 0 aliphatic carbocycles. The molecular formula is C13H10F15NO2.